The lowest BCUT2D eigenvalue weighted by atomic mass is 10.2. The normalized spacial score (nSPS) is 10.1. The number of hydrogen-bond acceptors (Lipinski definition) is 3. The third-order valence-electron chi connectivity index (χ3n) is 1.85. The summed E-state index contributed by atoms with van der Waals surface area (Å²) in [7, 11) is 1.57. The maximum absolute atomic E-state index is 11.5. The number of carbonyl (C=O) groups is 1. The van der Waals surface area contributed by atoms with Crippen LogP contribution < -0.4 is 4.74 Å². The lowest BCUT2D eigenvalue weighted by molar-refractivity contribution is 0.0458. The molecule has 0 aliphatic rings. The molecule has 0 atom stereocenters. The predicted octanol–water partition coefficient (Wildman–Crippen LogP) is 2.51. The van der Waals surface area contributed by atoms with Gasteiger partial charge in [-0.3, -0.25) is 0 Å². The molecule has 0 N–H and O–H groups in total. The van der Waals surface area contributed by atoms with Crippen molar-refractivity contribution in [3.63, 3.8) is 0 Å². The van der Waals surface area contributed by atoms with Gasteiger partial charge in [-0.2, -0.15) is 0 Å². The van der Waals surface area contributed by atoms with Crippen LogP contribution in [0.2, 0.25) is 0 Å². The lowest BCUT2D eigenvalue weighted by Crippen LogP contribution is -2.10. The SMILES string of the molecule is COc1cccc(C(=O)OCC(C)C)c1. The fourth-order valence-electron chi connectivity index (χ4n) is 1.08. The van der Waals surface area contributed by atoms with Crippen LogP contribution in [0.25, 0.3) is 0 Å². The second-order valence-corrected chi connectivity index (χ2v) is 3.72. The standard InChI is InChI=1S/C12H16O3/c1-9(2)8-15-12(13)10-5-4-6-11(7-10)14-3/h4-7,9H,8H2,1-3H3. The zero-order valence-corrected chi connectivity index (χ0v) is 9.32. The van der Waals surface area contributed by atoms with Gasteiger partial charge in [0.2, 0.25) is 0 Å². The molecule has 3 heteroatoms. The van der Waals surface area contributed by atoms with Crippen LogP contribution in [0.5, 0.6) is 5.75 Å². The van der Waals surface area contributed by atoms with Crippen molar-refractivity contribution in [2.24, 2.45) is 5.92 Å². The topological polar surface area (TPSA) is 35.5 Å². The Hall–Kier alpha value is -1.51. The fraction of sp³-hybridized carbons (Fsp3) is 0.417. The van der Waals surface area contributed by atoms with Crippen molar-refractivity contribution in [2.75, 3.05) is 13.7 Å². The molecule has 0 unspecified atom stereocenters. The van der Waals surface area contributed by atoms with Gasteiger partial charge in [0, 0.05) is 0 Å². The molecule has 15 heavy (non-hydrogen) atoms. The van der Waals surface area contributed by atoms with Crippen LogP contribution >= 0.6 is 0 Å². The van der Waals surface area contributed by atoms with Crippen molar-refractivity contribution in [1.82, 2.24) is 0 Å². The van der Waals surface area contributed by atoms with Crippen molar-refractivity contribution in [2.45, 2.75) is 13.8 Å². The summed E-state index contributed by atoms with van der Waals surface area (Å²) in [5, 5.41) is 0. The highest BCUT2D eigenvalue weighted by atomic mass is 16.5. The van der Waals surface area contributed by atoms with Crippen LogP contribution in [0, 0.1) is 5.92 Å². The zero-order chi connectivity index (χ0) is 11.3. The highest BCUT2D eigenvalue weighted by molar-refractivity contribution is 5.89. The molecule has 0 aliphatic heterocycles. The van der Waals surface area contributed by atoms with E-state index in [1.54, 1.807) is 31.4 Å². The summed E-state index contributed by atoms with van der Waals surface area (Å²) in [6, 6.07) is 6.94. The number of rotatable bonds is 4. The van der Waals surface area contributed by atoms with Gasteiger partial charge in [0.15, 0.2) is 0 Å². The predicted molar refractivity (Wildman–Crippen MR) is 58.1 cm³/mol. The van der Waals surface area contributed by atoms with Crippen LogP contribution in [0.1, 0.15) is 24.2 Å². The summed E-state index contributed by atoms with van der Waals surface area (Å²) in [4.78, 5) is 11.5. The Morgan fingerprint density at radius 3 is 2.73 bits per heavy atom. The lowest BCUT2D eigenvalue weighted by Gasteiger charge is -2.07. The molecule has 0 heterocycles. The van der Waals surface area contributed by atoms with Gasteiger partial charge in [0.1, 0.15) is 5.75 Å². The Labute approximate surface area is 90.0 Å². The molecule has 0 saturated heterocycles. The van der Waals surface area contributed by atoms with Crippen molar-refractivity contribution in [1.29, 1.82) is 0 Å². The number of carbonyl (C=O) groups excluding carboxylic acids is 1. The maximum Gasteiger partial charge on any atom is 0.338 e. The molecule has 0 aliphatic carbocycles. The Balaban J connectivity index is 2.65. The molecule has 0 aromatic heterocycles. The second kappa shape index (κ2) is 5.39. The Kier molecular flexibility index (Phi) is 4.16. The van der Waals surface area contributed by atoms with Gasteiger partial charge in [0.25, 0.3) is 0 Å². The van der Waals surface area contributed by atoms with E-state index in [1.807, 2.05) is 13.8 Å². The van der Waals surface area contributed by atoms with Crippen molar-refractivity contribution in [3.05, 3.63) is 29.8 Å². The number of esters is 1. The number of benzene rings is 1. The maximum atomic E-state index is 11.5. The van der Waals surface area contributed by atoms with E-state index < -0.39 is 0 Å². The van der Waals surface area contributed by atoms with E-state index >= 15 is 0 Å². The van der Waals surface area contributed by atoms with E-state index in [9.17, 15) is 4.79 Å². The van der Waals surface area contributed by atoms with Gasteiger partial charge in [-0.25, -0.2) is 4.79 Å². The number of ether oxygens (including phenoxy) is 2. The third-order valence-corrected chi connectivity index (χ3v) is 1.85. The second-order valence-electron chi connectivity index (χ2n) is 3.72. The van der Waals surface area contributed by atoms with E-state index in [4.69, 9.17) is 9.47 Å². The summed E-state index contributed by atoms with van der Waals surface area (Å²) >= 11 is 0. The largest absolute Gasteiger partial charge is 0.497 e. The quantitative estimate of drug-likeness (QED) is 0.713. The minimum atomic E-state index is -0.303. The highest BCUT2D eigenvalue weighted by Crippen LogP contribution is 2.13. The monoisotopic (exact) mass is 208 g/mol. The molecule has 3 nitrogen and oxygen atoms in total. The third kappa shape index (κ3) is 3.62. The summed E-state index contributed by atoms with van der Waals surface area (Å²) in [5.74, 6) is 0.705. The van der Waals surface area contributed by atoms with E-state index in [0.717, 1.165) is 0 Å². The van der Waals surface area contributed by atoms with Gasteiger partial charge < -0.3 is 9.47 Å². The first-order valence-electron chi connectivity index (χ1n) is 4.94. The zero-order valence-electron chi connectivity index (χ0n) is 9.32. The van der Waals surface area contributed by atoms with Crippen LogP contribution in [0.15, 0.2) is 24.3 Å². The molecule has 0 bridgehead atoms. The molecule has 1 aromatic carbocycles. The molecule has 0 fully saturated rings. The molecular weight excluding hydrogens is 192 g/mol. The first-order chi connectivity index (χ1) is 7.13. The minimum Gasteiger partial charge on any atom is -0.497 e. The first-order valence-corrected chi connectivity index (χ1v) is 4.94. The van der Waals surface area contributed by atoms with Gasteiger partial charge in [0.05, 0.1) is 19.3 Å². The molecular formula is C12H16O3. The Bertz CT molecular complexity index is 331. The number of methoxy groups -OCH3 is 1. The van der Waals surface area contributed by atoms with Gasteiger partial charge in [-0.15, -0.1) is 0 Å². The van der Waals surface area contributed by atoms with E-state index in [2.05, 4.69) is 0 Å². The van der Waals surface area contributed by atoms with Crippen LogP contribution in [0.4, 0.5) is 0 Å². The van der Waals surface area contributed by atoms with E-state index in [1.165, 1.54) is 0 Å². The molecule has 1 rings (SSSR count). The first kappa shape index (κ1) is 11.6. The molecule has 0 radical (unpaired) electrons. The summed E-state index contributed by atoms with van der Waals surface area (Å²) in [5.41, 5.74) is 0.523. The minimum absolute atomic E-state index is 0.303. The van der Waals surface area contributed by atoms with Crippen molar-refractivity contribution in [3.8, 4) is 5.75 Å². The smallest absolute Gasteiger partial charge is 0.338 e. The van der Waals surface area contributed by atoms with Gasteiger partial charge in [-0.05, 0) is 24.1 Å². The number of hydrogen-bond donors (Lipinski definition) is 0. The highest BCUT2D eigenvalue weighted by Gasteiger charge is 2.08. The average molecular weight is 208 g/mol. The van der Waals surface area contributed by atoms with Gasteiger partial charge in [-0.1, -0.05) is 19.9 Å². The van der Waals surface area contributed by atoms with E-state index in [0.29, 0.717) is 23.8 Å². The fourth-order valence-corrected chi connectivity index (χ4v) is 1.08. The van der Waals surface area contributed by atoms with Crippen LogP contribution in [-0.2, 0) is 4.74 Å². The Morgan fingerprint density at radius 1 is 1.40 bits per heavy atom. The summed E-state index contributed by atoms with van der Waals surface area (Å²) in [6.45, 7) is 4.44. The molecule has 0 amide bonds. The van der Waals surface area contributed by atoms with Crippen LogP contribution in [-0.4, -0.2) is 19.7 Å². The molecule has 82 valence electrons. The molecule has 0 spiro atoms. The van der Waals surface area contributed by atoms with Crippen molar-refractivity contribution >= 4 is 5.97 Å². The van der Waals surface area contributed by atoms with Crippen molar-refractivity contribution < 1.29 is 14.3 Å². The summed E-state index contributed by atoms with van der Waals surface area (Å²) in [6.07, 6.45) is 0. The average Bonchev–Trinajstić information content (AvgIpc) is 2.26. The van der Waals surface area contributed by atoms with E-state index in [-0.39, 0.29) is 5.97 Å². The molecule has 0 saturated carbocycles. The van der Waals surface area contributed by atoms with Crippen LogP contribution in [0.3, 0.4) is 0 Å². The molecule has 1 aromatic rings. The Morgan fingerprint density at radius 2 is 2.13 bits per heavy atom. The summed E-state index contributed by atoms with van der Waals surface area (Å²) < 4.78 is 10.1. The van der Waals surface area contributed by atoms with Gasteiger partial charge >= 0.3 is 5.97 Å².